The number of hydrogen-bond acceptors (Lipinski definition) is 3. The van der Waals surface area contributed by atoms with Gasteiger partial charge in [-0.3, -0.25) is 4.79 Å². The van der Waals surface area contributed by atoms with E-state index in [4.69, 9.17) is 21.4 Å². The summed E-state index contributed by atoms with van der Waals surface area (Å²) in [5.74, 6) is -0.934. The Hall–Kier alpha value is -1.95. The van der Waals surface area contributed by atoms with Crippen LogP contribution in [0.25, 0.3) is 0 Å². The molecule has 0 aliphatic heterocycles. The predicted octanol–water partition coefficient (Wildman–Crippen LogP) is 2.26. The molecule has 21 heavy (non-hydrogen) atoms. The number of halogens is 1. The van der Waals surface area contributed by atoms with Crippen molar-refractivity contribution >= 4 is 23.6 Å². The summed E-state index contributed by atoms with van der Waals surface area (Å²) in [5, 5.41) is 14.5. The first-order valence-corrected chi connectivity index (χ1v) is 6.93. The lowest BCUT2D eigenvalue weighted by Crippen LogP contribution is -2.39. The molecule has 6 nitrogen and oxygen atoms in total. The first-order chi connectivity index (χ1) is 9.99. The van der Waals surface area contributed by atoms with Crippen LogP contribution in [0, 0.1) is 5.92 Å². The Balaban J connectivity index is 2.52. The molecule has 0 aliphatic carbocycles. The molecule has 0 spiro atoms. The molecule has 2 amide bonds. The zero-order valence-electron chi connectivity index (χ0n) is 12.0. The lowest BCUT2D eigenvalue weighted by atomic mass is 10.1. The number of methoxy groups -OCH3 is 1. The van der Waals surface area contributed by atoms with Crippen LogP contribution in [-0.2, 0) is 11.3 Å². The first kappa shape index (κ1) is 17.1. The van der Waals surface area contributed by atoms with Crippen molar-refractivity contribution in [2.45, 2.75) is 19.9 Å². The summed E-state index contributed by atoms with van der Waals surface area (Å²) in [7, 11) is 1.52. The molecule has 1 rings (SSSR count). The number of urea groups is 1. The predicted molar refractivity (Wildman–Crippen MR) is 79.7 cm³/mol. The Kier molecular flexibility index (Phi) is 6.81. The highest BCUT2D eigenvalue weighted by Crippen LogP contribution is 2.25. The van der Waals surface area contributed by atoms with Gasteiger partial charge >= 0.3 is 12.0 Å². The number of amides is 2. The number of carbonyl (C=O) groups excluding carboxylic acids is 1. The maximum absolute atomic E-state index is 11.7. The summed E-state index contributed by atoms with van der Waals surface area (Å²) in [6.45, 7) is 2.03. The SMILES string of the molecule is CCC(CNC(=O)NCc1c(Cl)cccc1OC)C(=O)O. The maximum atomic E-state index is 11.7. The smallest absolute Gasteiger partial charge is 0.315 e. The van der Waals surface area contributed by atoms with Gasteiger partial charge in [0.1, 0.15) is 5.75 Å². The van der Waals surface area contributed by atoms with Crippen LogP contribution in [0.4, 0.5) is 4.79 Å². The molecule has 7 heteroatoms. The normalized spacial score (nSPS) is 11.6. The van der Waals surface area contributed by atoms with Crippen LogP contribution in [0.15, 0.2) is 18.2 Å². The Morgan fingerprint density at radius 2 is 2.10 bits per heavy atom. The number of benzene rings is 1. The molecule has 1 aromatic rings. The van der Waals surface area contributed by atoms with Crippen LogP contribution in [0.2, 0.25) is 5.02 Å². The van der Waals surface area contributed by atoms with E-state index in [1.807, 2.05) is 0 Å². The van der Waals surface area contributed by atoms with Gasteiger partial charge in [-0.05, 0) is 18.6 Å². The van der Waals surface area contributed by atoms with Gasteiger partial charge in [-0.2, -0.15) is 0 Å². The van der Waals surface area contributed by atoms with Gasteiger partial charge in [-0.15, -0.1) is 0 Å². The van der Waals surface area contributed by atoms with Gasteiger partial charge in [0.25, 0.3) is 0 Å². The summed E-state index contributed by atoms with van der Waals surface area (Å²) >= 11 is 6.05. The van der Waals surface area contributed by atoms with E-state index in [-0.39, 0.29) is 13.1 Å². The fraction of sp³-hybridized carbons (Fsp3) is 0.429. The highest BCUT2D eigenvalue weighted by molar-refractivity contribution is 6.31. The first-order valence-electron chi connectivity index (χ1n) is 6.55. The van der Waals surface area contributed by atoms with Crippen molar-refractivity contribution in [2.24, 2.45) is 5.92 Å². The molecule has 0 bridgehead atoms. The van der Waals surface area contributed by atoms with Crippen LogP contribution >= 0.6 is 11.6 Å². The molecular weight excluding hydrogens is 296 g/mol. The fourth-order valence-electron chi connectivity index (χ4n) is 1.75. The highest BCUT2D eigenvalue weighted by Gasteiger charge is 2.16. The lowest BCUT2D eigenvalue weighted by Gasteiger charge is -2.14. The second kappa shape index (κ2) is 8.36. The number of ether oxygens (including phenoxy) is 1. The van der Waals surface area contributed by atoms with Crippen LogP contribution in [-0.4, -0.2) is 30.8 Å². The van der Waals surface area contributed by atoms with Gasteiger partial charge in [0.05, 0.1) is 13.0 Å². The second-order valence-corrected chi connectivity index (χ2v) is 4.83. The number of rotatable bonds is 7. The van der Waals surface area contributed by atoms with Crippen LogP contribution in [0.5, 0.6) is 5.75 Å². The maximum Gasteiger partial charge on any atom is 0.315 e. The Labute approximate surface area is 128 Å². The van der Waals surface area contributed by atoms with Crippen molar-refractivity contribution in [3.63, 3.8) is 0 Å². The third kappa shape index (κ3) is 5.15. The number of nitrogens with one attached hydrogen (secondary N) is 2. The van der Waals surface area contributed by atoms with E-state index < -0.39 is 17.9 Å². The molecule has 0 fully saturated rings. The van der Waals surface area contributed by atoms with Crippen molar-refractivity contribution < 1.29 is 19.4 Å². The molecule has 0 aliphatic rings. The minimum absolute atomic E-state index is 0.0807. The summed E-state index contributed by atoms with van der Waals surface area (Å²) in [5.41, 5.74) is 0.669. The summed E-state index contributed by atoms with van der Waals surface area (Å²) in [6, 6.07) is 4.76. The molecule has 1 unspecified atom stereocenters. The van der Waals surface area contributed by atoms with Gasteiger partial charge in [0.2, 0.25) is 0 Å². The number of carboxylic acids is 1. The van der Waals surface area contributed by atoms with Crippen molar-refractivity contribution in [1.82, 2.24) is 10.6 Å². The van der Waals surface area contributed by atoms with Crippen molar-refractivity contribution in [2.75, 3.05) is 13.7 Å². The van der Waals surface area contributed by atoms with Crippen LogP contribution in [0.1, 0.15) is 18.9 Å². The van der Waals surface area contributed by atoms with Crippen molar-refractivity contribution in [3.8, 4) is 5.75 Å². The standard InChI is InChI=1S/C14H19ClN2O4/c1-3-9(13(18)19)7-16-14(20)17-8-10-11(15)5-4-6-12(10)21-2/h4-6,9H,3,7-8H2,1-2H3,(H,18,19)(H2,16,17,20). The van der Waals surface area contributed by atoms with Crippen LogP contribution < -0.4 is 15.4 Å². The number of aliphatic carboxylic acids is 1. The fourth-order valence-corrected chi connectivity index (χ4v) is 1.99. The third-order valence-electron chi connectivity index (χ3n) is 3.07. The Morgan fingerprint density at radius 3 is 2.67 bits per heavy atom. The monoisotopic (exact) mass is 314 g/mol. The van der Waals surface area contributed by atoms with Gasteiger partial charge in [0, 0.05) is 23.7 Å². The average Bonchev–Trinajstić information content (AvgIpc) is 2.45. The van der Waals surface area contributed by atoms with E-state index >= 15 is 0 Å². The van der Waals surface area contributed by atoms with Gasteiger partial charge < -0.3 is 20.5 Å². The minimum Gasteiger partial charge on any atom is -0.496 e. The molecule has 1 aromatic carbocycles. The molecule has 0 saturated heterocycles. The van der Waals surface area contributed by atoms with E-state index in [0.717, 1.165) is 0 Å². The van der Waals surface area contributed by atoms with Crippen molar-refractivity contribution in [3.05, 3.63) is 28.8 Å². The topological polar surface area (TPSA) is 87.7 Å². The lowest BCUT2D eigenvalue weighted by molar-refractivity contribution is -0.141. The molecule has 0 radical (unpaired) electrons. The van der Waals surface area contributed by atoms with Gasteiger partial charge in [0.15, 0.2) is 0 Å². The second-order valence-electron chi connectivity index (χ2n) is 4.43. The van der Waals surface area contributed by atoms with E-state index in [1.165, 1.54) is 7.11 Å². The zero-order chi connectivity index (χ0) is 15.8. The average molecular weight is 315 g/mol. The van der Waals surface area contributed by atoms with Crippen molar-refractivity contribution in [1.29, 1.82) is 0 Å². The van der Waals surface area contributed by atoms with Crippen LogP contribution in [0.3, 0.4) is 0 Å². The molecule has 1 atom stereocenters. The molecule has 0 aromatic heterocycles. The molecular formula is C14H19ClN2O4. The molecule has 3 N–H and O–H groups in total. The number of hydrogen-bond donors (Lipinski definition) is 3. The minimum atomic E-state index is -0.925. The van der Waals surface area contributed by atoms with Gasteiger partial charge in [-0.25, -0.2) is 4.79 Å². The van der Waals surface area contributed by atoms with E-state index in [9.17, 15) is 9.59 Å². The third-order valence-corrected chi connectivity index (χ3v) is 3.43. The van der Waals surface area contributed by atoms with Gasteiger partial charge in [-0.1, -0.05) is 24.6 Å². The van der Waals surface area contributed by atoms with E-state index in [1.54, 1.807) is 25.1 Å². The van der Waals surface area contributed by atoms with E-state index in [0.29, 0.717) is 22.8 Å². The Morgan fingerprint density at radius 1 is 1.38 bits per heavy atom. The molecule has 116 valence electrons. The largest absolute Gasteiger partial charge is 0.496 e. The Bertz CT molecular complexity index is 508. The zero-order valence-corrected chi connectivity index (χ0v) is 12.7. The molecule has 0 heterocycles. The molecule has 0 saturated carbocycles. The number of carbonyl (C=O) groups is 2. The highest BCUT2D eigenvalue weighted by atomic mass is 35.5. The summed E-state index contributed by atoms with van der Waals surface area (Å²) in [4.78, 5) is 22.5. The summed E-state index contributed by atoms with van der Waals surface area (Å²) < 4.78 is 5.17. The van der Waals surface area contributed by atoms with E-state index in [2.05, 4.69) is 10.6 Å². The summed E-state index contributed by atoms with van der Waals surface area (Å²) in [6.07, 6.45) is 0.452. The number of carboxylic acid groups (broad SMARTS) is 1. The quantitative estimate of drug-likeness (QED) is 0.720.